The molecule has 0 radical (unpaired) electrons. The summed E-state index contributed by atoms with van der Waals surface area (Å²) < 4.78 is 1.29. The predicted octanol–water partition coefficient (Wildman–Crippen LogP) is 0.590. The third-order valence-electron chi connectivity index (χ3n) is 3.13. The largest absolute Gasteiger partial charge is 0.369 e. The molecule has 0 spiro atoms. The van der Waals surface area contributed by atoms with Crippen LogP contribution in [0.25, 0.3) is 0 Å². The van der Waals surface area contributed by atoms with Crippen LogP contribution >= 0.6 is 11.8 Å². The van der Waals surface area contributed by atoms with Gasteiger partial charge in [-0.2, -0.15) is 5.10 Å². The van der Waals surface area contributed by atoms with Crippen molar-refractivity contribution < 1.29 is 9.90 Å². The first-order chi connectivity index (χ1) is 9.74. The second kappa shape index (κ2) is 5.61. The minimum Gasteiger partial charge on any atom is -0.369 e. The van der Waals surface area contributed by atoms with Gasteiger partial charge in [0.05, 0.1) is 0 Å². The summed E-state index contributed by atoms with van der Waals surface area (Å²) in [7, 11) is 0. The quantitative estimate of drug-likeness (QED) is 0.652. The van der Waals surface area contributed by atoms with Gasteiger partial charge in [0.1, 0.15) is 6.54 Å². The number of carbonyl (C=O) groups is 1. The zero-order chi connectivity index (χ0) is 15.8. The average Bonchev–Trinajstić information content (AvgIpc) is 2.65. The zero-order valence-corrected chi connectivity index (χ0v) is 13.3. The van der Waals surface area contributed by atoms with Crippen LogP contribution in [0.1, 0.15) is 26.0 Å². The van der Waals surface area contributed by atoms with Crippen LogP contribution in [-0.2, 0) is 11.3 Å². The van der Waals surface area contributed by atoms with Gasteiger partial charge in [0, 0.05) is 23.9 Å². The smallest absolute Gasteiger partial charge is 0.265 e. The monoisotopic (exact) mass is 310 g/mol. The van der Waals surface area contributed by atoms with Crippen molar-refractivity contribution in [3.8, 4) is 0 Å². The van der Waals surface area contributed by atoms with Gasteiger partial charge in [-0.25, -0.2) is 9.99 Å². The van der Waals surface area contributed by atoms with Crippen LogP contribution in [0.3, 0.4) is 0 Å². The van der Waals surface area contributed by atoms with Crippen LogP contribution in [0.5, 0.6) is 0 Å². The van der Waals surface area contributed by atoms with Gasteiger partial charge in [-0.3, -0.25) is 14.2 Å². The van der Waals surface area contributed by atoms with E-state index in [1.54, 1.807) is 20.1 Å². The molecule has 0 saturated heterocycles. The highest BCUT2D eigenvalue weighted by Gasteiger charge is 2.39. The summed E-state index contributed by atoms with van der Waals surface area (Å²) >= 11 is 1.29. The van der Waals surface area contributed by atoms with Crippen molar-refractivity contribution in [3.05, 3.63) is 22.1 Å². The Morgan fingerprint density at radius 2 is 2.19 bits per heavy atom. The predicted molar refractivity (Wildman–Crippen MR) is 80.2 cm³/mol. The molecule has 1 unspecified atom stereocenters. The van der Waals surface area contributed by atoms with Crippen molar-refractivity contribution in [2.24, 2.45) is 5.10 Å². The highest BCUT2D eigenvalue weighted by atomic mass is 32.2. The summed E-state index contributed by atoms with van der Waals surface area (Å²) in [6, 6.07) is 1.38. The average molecular weight is 310 g/mol. The van der Waals surface area contributed by atoms with Gasteiger partial charge >= 0.3 is 0 Å². The van der Waals surface area contributed by atoms with Crippen molar-refractivity contribution >= 4 is 23.4 Å². The molecule has 2 rings (SSSR count). The lowest BCUT2D eigenvalue weighted by Gasteiger charge is -2.27. The Bertz CT molecular complexity index is 666. The Hall–Kier alpha value is -1.67. The minimum atomic E-state index is -1.34. The van der Waals surface area contributed by atoms with Crippen LogP contribution < -0.4 is 5.56 Å². The Morgan fingerprint density at radius 3 is 2.71 bits per heavy atom. The van der Waals surface area contributed by atoms with E-state index in [1.807, 2.05) is 0 Å². The van der Waals surface area contributed by atoms with Crippen molar-refractivity contribution in [1.29, 1.82) is 0 Å². The fourth-order valence-electron chi connectivity index (χ4n) is 2.30. The number of thioether (sulfide) groups is 1. The first-order valence-corrected chi connectivity index (χ1v) is 7.69. The number of hydrogen-bond donors (Lipinski definition) is 1. The zero-order valence-electron chi connectivity index (χ0n) is 12.5. The van der Waals surface area contributed by atoms with Gasteiger partial charge < -0.3 is 5.11 Å². The Labute approximate surface area is 126 Å². The van der Waals surface area contributed by atoms with E-state index in [0.717, 1.165) is 5.01 Å². The number of aryl methyl sites for hydroxylation is 1. The molecule has 1 aliphatic heterocycles. The highest BCUT2D eigenvalue weighted by molar-refractivity contribution is 7.98. The third-order valence-corrected chi connectivity index (χ3v) is 3.81. The molecule has 21 heavy (non-hydrogen) atoms. The first kappa shape index (κ1) is 15.7. The van der Waals surface area contributed by atoms with E-state index < -0.39 is 11.6 Å². The number of nitrogens with zero attached hydrogens (tertiary/aromatic N) is 4. The van der Waals surface area contributed by atoms with Crippen molar-refractivity contribution in [3.63, 3.8) is 0 Å². The molecular formula is C13H18N4O3S. The molecule has 8 heteroatoms. The van der Waals surface area contributed by atoms with Gasteiger partial charge in [-0.15, -0.1) is 0 Å². The molecule has 7 nitrogen and oxygen atoms in total. The normalized spacial score (nSPS) is 21.6. The van der Waals surface area contributed by atoms with Gasteiger partial charge in [0.25, 0.3) is 11.5 Å². The van der Waals surface area contributed by atoms with Gasteiger partial charge in [0.2, 0.25) is 0 Å². The van der Waals surface area contributed by atoms with Crippen molar-refractivity contribution in [2.45, 2.75) is 44.6 Å². The molecule has 114 valence electrons. The maximum absolute atomic E-state index is 12.3. The Balaban J connectivity index is 2.31. The summed E-state index contributed by atoms with van der Waals surface area (Å²) in [4.78, 5) is 28.6. The standard InChI is InChI=1S/C13H18N4O3S/c1-8-5-10(18)16(12(14-8)21-4)7-11(19)17-13(3,20)6-9(2)15-17/h5,20H,6-7H2,1-4H3. The molecule has 0 aliphatic carbocycles. The molecule has 0 fully saturated rings. The molecule has 1 amide bonds. The molecule has 0 saturated carbocycles. The van der Waals surface area contributed by atoms with Gasteiger partial charge in [-0.1, -0.05) is 11.8 Å². The molecule has 0 bridgehead atoms. The lowest BCUT2D eigenvalue weighted by atomic mass is 10.1. The molecular weight excluding hydrogens is 292 g/mol. The topological polar surface area (TPSA) is 87.8 Å². The Kier molecular flexibility index (Phi) is 4.20. The molecule has 2 heterocycles. The fraction of sp³-hybridized carbons (Fsp3) is 0.538. The highest BCUT2D eigenvalue weighted by Crippen LogP contribution is 2.25. The number of hydrogen-bond acceptors (Lipinski definition) is 6. The van der Waals surface area contributed by atoms with E-state index in [2.05, 4.69) is 10.1 Å². The van der Waals surface area contributed by atoms with Crippen LogP contribution in [0.2, 0.25) is 0 Å². The van der Waals surface area contributed by atoms with E-state index in [1.165, 1.54) is 29.3 Å². The molecule has 1 atom stereocenters. The van der Waals surface area contributed by atoms with E-state index >= 15 is 0 Å². The lowest BCUT2D eigenvalue weighted by molar-refractivity contribution is -0.152. The summed E-state index contributed by atoms with van der Waals surface area (Å²) in [5.41, 5.74) is -0.356. The summed E-state index contributed by atoms with van der Waals surface area (Å²) in [5.74, 6) is -0.445. The third kappa shape index (κ3) is 3.16. The van der Waals surface area contributed by atoms with E-state index in [4.69, 9.17) is 0 Å². The number of carbonyl (C=O) groups excluding carboxylic acids is 1. The summed E-state index contributed by atoms with van der Waals surface area (Å²) in [6.45, 7) is 4.80. The molecule has 1 aliphatic rings. The second-order valence-corrected chi connectivity index (χ2v) is 6.02. The number of rotatable bonds is 3. The maximum Gasteiger partial charge on any atom is 0.265 e. The maximum atomic E-state index is 12.3. The molecule has 1 aromatic rings. The minimum absolute atomic E-state index is 0.199. The number of amides is 1. The summed E-state index contributed by atoms with van der Waals surface area (Å²) in [5, 5.41) is 15.7. The fourth-order valence-corrected chi connectivity index (χ4v) is 2.91. The van der Waals surface area contributed by atoms with Gasteiger partial charge in [-0.05, 0) is 27.0 Å². The molecule has 1 N–H and O–H groups in total. The molecule has 1 aromatic heterocycles. The van der Waals surface area contributed by atoms with E-state index in [-0.39, 0.29) is 12.1 Å². The first-order valence-electron chi connectivity index (χ1n) is 6.46. The number of aliphatic hydroxyl groups is 1. The van der Waals surface area contributed by atoms with Crippen molar-refractivity contribution in [2.75, 3.05) is 6.26 Å². The van der Waals surface area contributed by atoms with E-state index in [9.17, 15) is 14.7 Å². The Morgan fingerprint density at radius 1 is 1.52 bits per heavy atom. The van der Waals surface area contributed by atoms with Crippen LogP contribution in [0, 0.1) is 6.92 Å². The van der Waals surface area contributed by atoms with Crippen molar-refractivity contribution in [1.82, 2.24) is 14.6 Å². The summed E-state index contributed by atoms with van der Waals surface area (Å²) in [6.07, 6.45) is 2.09. The number of hydrazone groups is 1. The second-order valence-electron chi connectivity index (χ2n) is 5.24. The van der Waals surface area contributed by atoms with E-state index in [0.29, 0.717) is 23.0 Å². The lowest BCUT2D eigenvalue weighted by Crippen LogP contribution is -2.45. The van der Waals surface area contributed by atoms with Crippen LogP contribution in [0.15, 0.2) is 21.1 Å². The molecule has 0 aromatic carbocycles. The van der Waals surface area contributed by atoms with Gasteiger partial charge in [0.15, 0.2) is 10.9 Å². The number of aromatic nitrogens is 2. The SMILES string of the molecule is CSc1nc(C)cc(=O)n1CC(=O)N1N=C(C)CC1(C)O. The van der Waals surface area contributed by atoms with Crippen LogP contribution in [0.4, 0.5) is 0 Å². The van der Waals surface area contributed by atoms with Crippen LogP contribution in [-0.4, -0.2) is 43.3 Å².